The molecule has 88 valence electrons. The van der Waals surface area contributed by atoms with Gasteiger partial charge in [-0.15, -0.1) is 11.3 Å². The lowest BCUT2D eigenvalue weighted by molar-refractivity contribution is 0.0636. The highest BCUT2D eigenvalue weighted by Gasteiger charge is 2.20. The van der Waals surface area contributed by atoms with Gasteiger partial charge < -0.3 is 5.11 Å². The highest BCUT2D eigenvalue weighted by atomic mass is 32.1. The molecule has 0 saturated carbocycles. The molecule has 0 bridgehead atoms. The quantitative estimate of drug-likeness (QED) is 0.816. The molecule has 2 rings (SSSR count). The zero-order chi connectivity index (χ0) is 11.5. The monoisotopic (exact) mass is 239 g/mol. The van der Waals surface area contributed by atoms with Crippen molar-refractivity contribution in [1.29, 1.82) is 0 Å². The van der Waals surface area contributed by atoms with E-state index in [4.69, 9.17) is 0 Å². The zero-order valence-electron chi connectivity index (χ0n) is 9.48. The van der Waals surface area contributed by atoms with Crippen LogP contribution in [-0.2, 0) is 0 Å². The lowest BCUT2D eigenvalue weighted by Gasteiger charge is -2.29. The zero-order valence-corrected chi connectivity index (χ0v) is 10.3. The molecule has 1 saturated heterocycles. The molecule has 1 atom stereocenters. The highest BCUT2D eigenvalue weighted by Crippen LogP contribution is 2.17. The summed E-state index contributed by atoms with van der Waals surface area (Å²) in [6.07, 6.45) is 1.59. The number of Topliss-reactive ketones (excluding diaryl/α,β-unsaturated/α-hetero) is 1. The number of likely N-dealkylation sites (tertiary alicyclic amines) is 1. The van der Waals surface area contributed by atoms with Crippen LogP contribution in [0.5, 0.6) is 0 Å². The van der Waals surface area contributed by atoms with Gasteiger partial charge in [0, 0.05) is 11.4 Å². The number of ketones is 1. The smallest absolute Gasteiger partial charge is 0.186 e. The van der Waals surface area contributed by atoms with E-state index >= 15 is 0 Å². The molecule has 3 nitrogen and oxygen atoms in total. The normalized spacial score (nSPS) is 22.2. The number of aryl methyl sites for hydroxylation is 1. The van der Waals surface area contributed by atoms with Gasteiger partial charge in [-0.05, 0) is 38.4 Å². The largest absolute Gasteiger partial charge is 0.392 e. The molecular weight excluding hydrogens is 222 g/mol. The van der Waals surface area contributed by atoms with Crippen LogP contribution in [0.4, 0.5) is 0 Å². The van der Waals surface area contributed by atoms with Crippen LogP contribution >= 0.6 is 11.3 Å². The van der Waals surface area contributed by atoms with Crippen LogP contribution in [-0.4, -0.2) is 41.5 Å². The van der Waals surface area contributed by atoms with Crippen molar-refractivity contribution in [3.63, 3.8) is 0 Å². The van der Waals surface area contributed by atoms with Gasteiger partial charge in [0.25, 0.3) is 0 Å². The number of hydrogen-bond acceptors (Lipinski definition) is 4. The summed E-state index contributed by atoms with van der Waals surface area (Å²) in [6, 6.07) is 3.87. The Hall–Kier alpha value is -0.710. The summed E-state index contributed by atoms with van der Waals surface area (Å²) in [5.41, 5.74) is 0. The van der Waals surface area contributed by atoms with Gasteiger partial charge in [0.2, 0.25) is 0 Å². The van der Waals surface area contributed by atoms with Crippen molar-refractivity contribution in [2.24, 2.45) is 0 Å². The first-order chi connectivity index (χ1) is 7.65. The van der Waals surface area contributed by atoms with Gasteiger partial charge in [0.1, 0.15) is 0 Å². The Morgan fingerprint density at radius 3 is 3.06 bits per heavy atom. The number of aliphatic hydroxyl groups is 1. The Balaban J connectivity index is 1.92. The second-order valence-electron chi connectivity index (χ2n) is 4.36. The van der Waals surface area contributed by atoms with Crippen molar-refractivity contribution in [2.45, 2.75) is 25.9 Å². The number of nitrogens with zero attached hydrogens (tertiary/aromatic N) is 1. The molecule has 1 aliphatic heterocycles. The molecule has 16 heavy (non-hydrogen) atoms. The van der Waals surface area contributed by atoms with Crippen LogP contribution in [0.1, 0.15) is 27.4 Å². The summed E-state index contributed by atoms with van der Waals surface area (Å²) in [6.45, 7) is 4.01. The lowest BCUT2D eigenvalue weighted by atomic mass is 10.1. The molecule has 1 unspecified atom stereocenters. The van der Waals surface area contributed by atoms with Gasteiger partial charge >= 0.3 is 0 Å². The standard InChI is InChI=1S/C12H17NO2S/c1-9-4-5-12(16-9)11(15)8-13-6-2-3-10(14)7-13/h4-5,10,14H,2-3,6-8H2,1H3. The molecule has 0 aliphatic carbocycles. The van der Waals surface area contributed by atoms with Crippen molar-refractivity contribution < 1.29 is 9.90 Å². The minimum Gasteiger partial charge on any atom is -0.392 e. The third-order valence-electron chi connectivity index (χ3n) is 2.86. The first-order valence-corrected chi connectivity index (χ1v) is 6.47. The maximum absolute atomic E-state index is 11.9. The molecule has 0 amide bonds. The fourth-order valence-electron chi connectivity index (χ4n) is 2.04. The van der Waals surface area contributed by atoms with Crippen molar-refractivity contribution in [3.8, 4) is 0 Å². The van der Waals surface area contributed by atoms with Crippen LogP contribution in [0.3, 0.4) is 0 Å². The topological polar surface area (TPSA) is 40.5 Å². The molecule has 1 N–H and O–H groups in total. The first-order valence-electron chi connectivity index (χ1n) is 5.65. The van der Waals surface area contributed by atoms with E-state index in [1.54, 1.807) is 11.3 Å². The Bertz CT molecular complexity index is 375. The number of carbonyl (C=O) groups is 1. The summed E-state index contributed by atoms with van der Waals surface area (Å²) >= 11 is 1.55. The predicted octanol–water partition coefficient (Wildman–Crippen LogP) is 1.70. The summed E-state index contributed by atoms with van der Waals surface area (Å²) < 4.78 is 0. The van der Waals surface area contributed by atoms with Crippen molar-refractivity contribution in [1.82, 2.24) is 4.90 Å². The number of β-amino-alcohol motifs (C(OH)–C–C–N with tert-alkyl or cyclic N) is 1. The highest BCUT2D eigenvalue weighted by molar-refractivity contribution is 7.14. The number of piperidine rings is 1. The number of aliphatic hydroxyl groups excluding tert-OH is 1. The van der Waals surface area contributed by atoms with E-state index in [-0.39, 0.29) is 11.9 Å². The Kier molecular flexibility index (Phi) is 3.74. The van der Waals surface area contributed by atoms with Crippen LogP contribution in [0.15, 0.2) is 12.1 Å². The molecule has 1 fully saturated rings. The summed E-state index contributed by atoms with van der Waals surface area (Å²) in [7, 11) is 0. The van der Waals surface area contributed by atoms with Crippen LogP contribution in [0.2, 0.25) is 0 Å². The predicted molar refractivity (Wildman–Crippen MR) is 65.1 cm³/mol. The number of hydrogen-bond donors (Lipinski definition) is 1. The molecule has 0 spiro atoms. The average molecular weight is 239 g/mol. The minimum absolute atomic E-state index is 0.173. The van der Waals surface area contributed by atoms with Crippen LogP contribution in [0.25, 0.3) is 0 Å². The molecular formula is C12H17NO2S. The molecule has 0 radical (unpaired) electrons. The van der Waals surface area contributed by atoms with E-state index in [1.165, 1.54) is 4.88 Å². The number of thiophene rings is 1. The SMILES string of the molecule is Cc1ccc(C(=O)CN2CCCC(O)C2)s1. The Morgan fingerprint density at radius 2 is 2.44 bits per heavy atom. The Morgan fingerprint density at radius 1 is 1.62 bits per heavy atom. The van der Waals surface area contributed by atoms with Crippen molar-refractivity contribution in [2.75, 3.05) is 19.6 Å². The van der Waals surface area contributed by atoms with Gasteiger partial charge in [0.05, 0.1) is 17.5 Å². The van der Waals surface area contributed by atoms with Crippen molar-refractivity contribution >= 4 is 17.1 Å². The van der Waals surface area contributed by atoms with E-state index < -0.39 is 0 Å². The summed E-state index contributed by atoms with van der Waals surface area (Å²) in [5.74, 6) is 0.173. The third-order valence-corrected chi connectivity index (χ3v) is 3.90. The maximum Gasteiger partial charge on any atom is 0.186 e. The van der Waals surface area contributed by atoms with E-state index in [0.717, 1.165) is 24.3 Å². The third kappa shape index (κ3) is 2.90. The summed E-state index contributed by atoms with van der Waals surface area (Å²) in [4.78, 5) is 16.0. The van der Waals surface area contributed by atoms with Gasteiger partial charge in [-0.3, -0.25) is 9.69 Å². The van der Waals surface area contributed by atoms with Crippen molar-refractivity contribution in [3.05, 3.63) is 21.9 Å². The number of rotatable bonds is 3. The average Bonchev–Trinajstić information content (AvgIpc) is 2.65. The fourth-order valence-corrected chi connectivity index (χ4v) is 2.84. The molecule has 1 aromatic heterocycles. The molecule has 0 aromatic carbocycles. The van der Waals surface area contributed by atoms with E-state index in [0.29, 0.717) is 13.1 Å². The minimum atomic E-state index is -0.258. The van der Waals surface area contributed by atoms with Gasteiger partial charge in [-0.25, -0.2) is 0 Å². The van der Waals surface area contributed by atoms with E-state index in [9.17, 15) is 9.90 Å². The second-order valence-corrected chi connectivity index (χ2v) is 5.65. The lowest BCUT2D eigenvalue weighted by Crippen LogP contribution is -2.40. The van der Waals surface area contributed by atoms with Gasteiger partial charge in [-0.2, -0.15) is 0 Å². The summed E-state index contributed by atoms with van der Waals surface area (Å²) in [5, 5.41) is 9.52. The van der Waals surface area contributed by atoms with Gasteiger partial charge in [-0.1, -0.05) is 0 Å². The van der Waals surface area contributed by atoms with Crippen LogP contribution in [0, 0.1) is 6.92 Å². The second kappa shape index (κ2) is 5.08. The van der Waals surface area contributed by atoms with E-state index in [2.05, 4.69) is 0 Å². The maximum atomic E-state index is 11.9. The van der Waals surface area contributed by atoms with E-state index in [1.807, 2.05) is 24.0 Å². The molecule has 1 aromatic rings. The first kappa shape index (κ1) is 11.8. The number of carbonyl (C=O) groups excluding carboxylic acids is 1. The molecule has 1 aliphatic rings. The molecule has 2 heterocycles. The fraction of sp³-hybridized carbons (Fsp3) is 0.583. The molecule has 4 heteroatoms. The Labute approximate surface area is 99.7 Å². The van der Waals surface area contributed by atoms with Crippen LogP contribution < -0.4 is 0 Å². The van der Waals surface area contributed by atoms with Gasteiger partial charge in [0.15, 0.2) is 5.78 Å².